The van der Waals surface area contributed by atoms with Gasteiger partial charge in [-0.3, -0.25) is 4.98 Å². The molecule has 0 spiro atoms. The Morgan fingerprint density at radius 2 is 1.90 bits per heavy atom. The Morgan fingerprint density at radius 1 is 1.14 bits per heavy atom. The highest BCUT2D eigenvalue weighted by atomic mass is 15.1. The summed E-state index contributed by atoms with van der Waals surface area (Å²) < 4.78 is 0. The van der Waals surface area contributed by atoms with Crippen molar-refractivity contribution in [3.63, 3.8) is 0 Å². The van der Waals surface area contributed by atoms with Crippen LogP contribution in [0.4, 0.5) is 11.4 Å². The molecule has 2 N–H and O–H groups in total. The molecule has 0 amide bonds. The smallest absolute Gasteiger partial charge is 0.0448 e. The Morgan fingerprint density at radius 3 is 2.57 bits per heavy atom. The zero-order valence-electron chi connectivity index (χ0n) is 13.6. The summed E-state index contributed by atoms with van der Waals surface area (Å²) in [7, 11) is 4.23. The average Bonchev–Trinajstić information content (AvgIpc) is 2.44. The molecule has 0 saturated carbocycles. The van der Waals surface area contributed by atoms with Gasteiger partial charge in [-0.1, -0.05) is 0 Å². The molecule has 0 aliphatic rings. The van der Waals surface area contributed by atoms with Crippen molar-refractivity contribution in [2.24, 2.45) is 0 Å². The molecule has 4 nitrogen and oxygen atoms in total. The highest BCUT2D eigenvalue weighted by Gasteiger charge is 2.11. The summed E-state index contributed by atoms with van der Waals surface area (Å²) >= 11 is 0. The van der Waals surface area contributed by atoms with Gasteiger partial charge < -0.3 is 15.5 Å². The molecule has 1 heterocycles. The van der Waals surface area contributed by atoms with Crippen LogP contribution >= 0.6 is 0 Å². The van der Waals surface area contributed by atoms with Gasteiger partial charge in [-0.25, -0.2) is 0 Å². The van der Waals surface area contributed by atoms with Crippen molar-refractivity contribution in [2.75, 3.05) is 44.4 Å². The number of aryl methyl sites for hydroxylation is 1. The SMILES string of the molecule is CCN(CCCN(C)C)c1ccc(N)c2cnc(C)cc12. The first-order valence-electron chi connectivity index (χ1n) is 7.57. The molecule has 0 bridgehead atoms. The van der Waals surface area contributed by atoms with E-state index in [4.69, 9.17) is 5.73 Å². The van der Waals surface area contributed by atoms with E-state index in [2.05, 4.69) is 47.9 Å². The van der Waals surface area contributed by atoms with Crippen LogP contribution in [0.15, 0.2) is 24.4 Å². The second kappa shape index (κ2) is 6.76. The fourth-order valence-electron chi connectivity index (χ4n) is 2.65. The monoisotopic (exact) mass is 286 g/mol. The third kappa shape index (κ3) is 3.64. The maximum absolute atomic E-state index is 6.09. The number of anilines is 2. The molecule has 114 valence electrons. The van der Waals surface area contributed by atoms with Crippen LogP contribution in [0.1, 0.15) is 19.0 Å². The Labute approximate surface area is 127 Å². The van der Waals surface area contributed by atoms with E-state index in [0.717, 1.165) is 42.8 Å². The van der Waals surface area contributed by atoms with E-state index in [-0.39, 0.29) is 0 Å². The average molecular weight is 286 g/mol. The zero-order chi connectivity index (χ0) is 15.4. The van der Waals surface area contributed by atoms with Crippen molar-refractivity contribution < 1.29 is 0 Å². The van der Waals surface area contributed by atoms with Gasteiger partial charge in [-0.15, -0.1) is 0 Å². The topological polar surface area (TPSA) is 45.4 Å². The molecule has 0 saturated heterocycles. The molecule has 4 heteroatoms. The maximum Gasteiger partial charge on any atom is 0.0448 e. The summed E-state index contributed by atoms with van der Waals surface area (Å²) in [4.78, 5) is 9.02. The molecule has 2 aromatic rings. The van der Waals surface area contributed by atoms with Crippen LogP contribution in [0, 0.1) is 6.92 Å². The quantitative estimate of drug-likeness (QED) is 0.829. The van der Waals surface area contributed by atoms with Gasteiger partial charge in [0.05, 0.1) is 0 Å². The molecule has 0 unspecified atom stereocenters. The van der Waals surface area contributed by atoms with Crippen LogP contribution in [0.3, 0.4) is 0 Å². The van der Waals surface area contributed by atoms with Crippen LogP contribution in [0.25, 0.3) is 10.8 Å². The number of pyridine rings is 1. The first-order valence-corrected chi connectivity index (χ1v) is 7.57. The summed E-state index contributed by atoms with van der Waals surface area (Å²) in [5.41, 5.74) is 9.17. The van der Waals surface area contributed by atoms with Crippen LogP contribution < -0.4 is 10.6 Å². The van der Waals surface area contributed by atoms with Crippen molar-refractivity contribution in [3.05, 3.63) is 30.1 Å². The lowest BCUT2D eigenvalue weighted by atomic mass is 10.1. The molecule has 2 rings (SSSR count). The summed E-state index contributed by atoms with van der Waals surface area (Å²) in [5, 5.41) is 2.25. The van der Waals surface area contributed by atoms with Crippen LogP contribution in [0.2, 0.25) is 0 Å². The van der Waals surface area contributed by atoms with Crippen LogP contribution in [-0.4, -0.2) is 43.6 Å². The van der Waals surface area contributed by atoms with E-state index in [0.29, 0.717) is 0 Å². The van der Waals surface area contributed by atoms with Gasteiger partial charge in [0.1, 0.15) is 0 Å². The number of nitrogens with zero attached hydrogens (tertiary/aromatic N) is 3. The summed E-state index contributed by atoms with van der Waals surface area (Å²) in [5.74, 6) is 0. The fraction of sp³-hybridized carbons (Fsp3) is 0.471. The highest BCUT2D eigenvalue weighted by molar-refractivity contribution is 6.01. The molecule has 0 aliphatic carbocycles. The van der Waals surface area contributed by atoms with Gasteiger partial charge in [0.2, 0.25) is 0 Å². The minimum atomic E-state index is 0.797. The van der Waals surface area contributed by atoms with E-state index in [9.17, 15) is 0 Å². The largest absolute Gasteiger partial charge is 0.398 e. The second-order valence-electron chi connectivity index (χ2n) is 5.78. The number of hydrogen-bond acceptors (Lipinski definition) is 4. The number of aromatic nitrogens is 1. The van der Waals surface area contributed by atoms with Crippen molar-refractivity contribution in [1.82, 2.24) is 9.88 Å². The fourth-order valence-corrected chi connectivity index (χ4v) is 2.65. The Hall–Kier alpha value is -1.81. The predicted molar refractivity (Wildman–Crippen MR) is 92.0 cm³/mol. The van der Waals surface area contributed by atoms with E-state index >= 15 is 0 Å². The number of rotatable bonds is 6. The van der Waals surface area contributed by atoms with Crippen molar-refractivity contribution in [2.45, 2.75) is 20.3 Å². The van der Waals surface area contributed by atoms with Crippen molar-refractivity contribution >= 4 is 22.1 Å². The molecule has 1 aromatic carbocycles. The zero-order valence-corrected chi connectivity index (χ0v) is 13.6. The predicted octanol–water partition coefficient (Wildman–Crippen LogP) is 2.90. The Bertz CT molecular complexity index is 607. The van der Waals surface area contributed by atoms with Crippen molar-refractivity contribution in [3.8, 4) is 0 Å². The van der Waals surface area contributed by atoms with Gasteiger partial charge in [-0.05, 0) is 59.1 Å². The number of nitrogens with two attached hydrogens (primary N) is 1. The van der Waals surface area contributed by atoms with Crippen LogP contribution in [0.5, 0.6) is 0 Å². The van der Waals surface area contributed by atoms with Crippen molar-refractivity contribution in [1.29, 1.82) is 0 Å². The van der Waals surface area contributed by atoms with E-state index in [1.807, 2.05) is 19.2 Å². The normalized spacial score (nSPS) is 11.3. The number of hydrogen-bond donors (Lipinski definition) is 1. The minimum Gasteiger partial charge on any atom is -0.398 e. The van der Waals surface area contributed by atoms with E-state index in [1.165, 1.54) is 11.1 Å². The van der Waals surface area contributed by atoms with Gasteiger partial charge in [0.25, 0.3) is 0 Å². The van der Waals surface area contributed by atoms with Crippen LogP contribution in [-0.2, 0) is 0 Å². The molecule has 0 aliphatic heterocycles. The molecule has 0 fully saturated rings. The lowest BCUT2D eigenvalue weighted by Crippen LogP contribution is -2.27. The third-order valence-electron chi connectivity index (χ3n) is 3.80. The Balaban J connectivity index is 2.34. The first kappa shape index (κ1) is 15.6. The molecule has 1 aromatic heterocycles. The molecule has 0 atom stereocenters. The standard InChI is InChI=1S/C17H26N4/c1-5-21(10-6-9-20(3)4)17-8-7-16(18)15-12-19-13(2)11-14(15)17/h7-8,11-12H,5-6,9-10,18H2,1-4H3. The second-order valence-corrected chi connectivity index (χ2v) is 5.78. The lowest BCUT2D eigenvalue weighted by molar-refractivity contribution is 0.401. The van der Waals surface area contributed by atoms with E-state index in [1.54, 1.807) is 0 Å². The third-order valence-corrected chi connectivity index (χ3v) is 3.80. The summed E-state index contributed by atoms with van der Waals surface area (Å²) in [6, 6.07) is 6.26. The number of nitrogen functional groups attached to an aromatic ring is 1. The molecule has 0 radical (unpaired) electrons. The number of fused-ring (bicyclic) bond motifs is 1. The van der Waals surface area contributed by atoms with Gasteiger partial charge in [-0.2, -0.15) is 0 Å². The van der Waals surface area contributed by atoms with E-state index < -0.39 is 0 Å². The van der Waals surface area contributed by atoms with Gasteiger partial charge in [0, 0.05) is 47.1 Å². The minimum absolute atomic E-state index is 0.797. The Kier molecular flexibility index (Phi) is 5.02. The first-order chi connectivity index (χ1) is 10.0. The maximum atomic E-state index is 6.09. The highest BCUT2D eigenvalue weighted by Crippen LogP contribution is 2.31. The van der Waals surface area contributed by atoms with Gasteiger partial charge >= 0.3 is 0 Å². The number of benzene rings is 1. The molecular formula is C17H26N4. The summed E-state index contributed by atoms with van der Waals surface area (Å²) in [6.45, 7) is 7.37. The lowest BCUT2D eigenvalue weighted by Gasteiger charge is -2.26. The summed E-state index contributed by atoms with van der Waals surface area (Å²) in [6.07, 6.45) is 3.04. The molecular weight excluding hydrogens is 260 g/mol. The molecule has 21 heavy (non-hydrogen) atoms. The van der Waals surface area contributed by atoms with Gasteiger partial charge in [0.15, 0.2) is 0 Å².